The van der Waals surface area contributed by atoms with Crippen molar-refractivity contribution in [3.63, 3.8) is 0 Å². The first-order valence-corrected chi connectivity index (χ1v) is 27.0. The number of rotatable bonds is 8. The van der Waals surface area contributed by atoms with Crippen LogP contribution in [0, 0.1) is 20.8 Å². The molecule has 0 heteroatoms. The molecule has 0 saturated carbocycles. The van der Waals surface area contributed by atoms with E-state index in [0.29, 0.717) is 5.92 Å². The second kappa shape index (κ2) is 41.8. The highest BCUT2D eigenvalue weighted by atomic mass is 14.2. The maximum Gasteiger partial charge on any atom is -0.0146 e. The van der Waals surface area contributed by atoms with Crippen molar-refractivity contribution in [1.82, 2.24) is 0 Å². The summed E-state index contributed by atoms with van der Waals surface area (Å²) in [5, 5.41) is 0. The Morgan fingerprint density at radius 3 is 1.51 bits per heavy atom. The van der Waals surface area contributed by atoms with E-state index in [1.54, 1.807) is 17.2 Å². The molecule has 0 nitrogen and oxygen atoms in total. The van der Waals surface area contributed by atoms with Crippen molar-refractivity contribution in [2.75, 3.05) is 0 Å². The van der Waals surface area contributed by atoms with Crippen LogP contribution in [-0.4, -0.2) is 0 Å². The lowest BCUT2D eigenvalue weighted by Gasteiger charge is -2.23. The first kappa shape index (κ1) is 67.1. The predicted molar refractivity (Wildman–Crippen MR) is 329 cm³/mol. The Balaban J connectivity index is 0. The Labute approximate surface area is 439 Å². The van der Waals surface area contributed by atoms with Gasteiger partial charge in [-0.3, -0.25) is 0 Å². The van der Waals surface area contributed by atoms with E-state index < -0.39 is 0 Å². The van der Waals surface area contributed by atoms with Gasteiger partial charge >= 0.3 is 0 Å². The van der Waals surface area contributed by atoms with E-state index in [-0.39, 0.29) is 0 Å². The van der Waals surface area contributed by atoms with Crippen molar-refractivity contribution in [3.8, 4) is 11.1 Å². The van der Waals surface area contributed by atoms with Gasteiger partial charge in [0, 0.05) is 0 Å². The van der Waals surface area contributed by atoms with Crippen LogP contribution in [0.5, 0.6) is 0 Å². The Morgan fingerprint density at radius 1 is 0.577 bits per heavy atom. The number of hydrogen-bond donors (Lipinski definition) is 0. The molecule has 0 radical (unpaired) electrons. The lowest BCUT2D eigenvalue weighted by atomic mass is 9.82. The number of aryl methyl sites for hydroxylation is 4. The lowest BCUT2D eigenvalue weighted by molar-refractivity contribution is 0.867. The summed E-state index contributed by atoms with van der Waals surface area (Å²) in [6, 6.07) is 45.3. The van der Waals surface area contributed by atoms with Gasteiger partial charge in [-0.15, -0.1) is 6.58 Å². The second-order valence-corrected chi connectivity index (χ2v) is 16.8. The SMILES string of the molecule is C=C/C(C)=C(\C=C/C)c1cc(-c2ccc(CC)cc2)ccc1C.C=CC.CC.CC.CC.CC.CC(C)c1ccccc1.CC1=C(C2=C(C)C=C(c3ccc(C)cc3)CC2)CCC=C1.Cc1ccccc1. The number of benzene rings is 5. The summed E-state index contributed by atoms with van der Waals surface area (Å²) >= 11 is 0. The van der Waals surface area contributed by atoms with E-state index in [9.17, 15) is 0 Å². The van der Waals surface area contributed by atoms with E-state index in [1.807, 2.05) is 92.7 Å². The van der Waals surface area contributed by atoms with Gasteiger partial charge in [0.1, 0.15) is 0 Å². The second-order valence-electron chi connectivity index (χ2n) is 16.8. The Kier molecular flexibility index (Phi) is 39.5. The van der Waals surface area contributed by atoms with Crippen molar-refractivity contribution < 1.29 is 0 Å². The fourth-order valence-electron chi connectivity index (χ4n) is 7.54. The molecule has 0 aromatic heterocycles. The van der Waals surface area contributed by atoms with Crippen LogP contribution in [-0.2, 0) is 6.42 Å². The fourth-order valence-corrected chi connectivity index (χ4v) is 7.54. The van der Waals surface area contributed by atoms with Crippen LogP contribution in [0.2, 0.25) is 0 Å². The molecule has 384 valence electrons. The Morgan fingerprint density at radius 2 is 1.07 bits per heavy atom. The van der Waals surface area contributed by atoms with Gasteiger partial charge < -0.3 is 0 Å². The molecule has 0 unspecified atom stereocenters. The normalized spacial score (nSPS) is 12.3. The third-order valence-electron chi connectivity index (χ3n) is 11.4. The zero-order valence-electron chi connectivity index (χ0n) is 48.7. The summed E-state index contributed by atoms with van der Waals surface area (Å²) in [4.78, 5) is 0. The van der Waals surface area contributed by atoms with Crippen molar-refractivity contribution >= 4 is 11.1 Å². The molecule has 0 amide bonds. The molecular formula is C71H100. The average molecular weight is 954 g/mol. The molecule has 71 heavy (non-hydrogen) atoms. The maximum absolute atomic E-state index is 3.93. The van der Waals surface area contributed by atoms with Gasteiger partial charge in [-0.25, -0.2) is 0 Å². The van der Waals surface area contributed by atoms with E-state index in [2.05, 4.69) is 216 Å². The predicted octanol–water partition coefficient (Wildman–Crippen LogP) is 23.0. The van der Waals surface area contributed by atoms with Gasteiger partial charge in [0.05, 0.1) is 0 Å². The molecule has 0 aliphatic heterocycles. The van der Waals surface area contributed by atoms with Crippen molar-refractivity contribution in [3.05, 3.63) is 250 Å². The summed E-state index contributed by atoms with van der Waals surface area (Å²) in [6.07, 6.45) is 20.8. The molecule has 7 rings (SSSR count). The van der Waals surface area contributed by atoms with E-state index in [1.165, 1.54) is 97.2 Å². The van der Waals surface area contributed by atoms with Crippen molar-refractivity contribution in [2.45, 2.75) is 170 Å². The molecule has 0 fully saturated rings. The van der Waals surface area contributed by atoms with E-state index in [4.69, 9.17) is 0 Å². The van der Waals surface area contributed by atoms with Gasteiger partial charge in [-0.05, 0) is 177 Å². The van der Waals surface area contributed by atoms with E-state index >= 15 is 0 Å². The van der Waals surface area contributed by atoms with Crippen LogP contribution in [0.4, 0.5) is 0 Å². The van der Waals surface area contributed by atoms with Crippen LogP contribution >= 0.6 is 0 Å². The molecule has 5 aromatic rings. The zero-order valence-corrected chi connectivity index (χ0v) is 48.7. The molecule has 0 atom stereocenters. The number of allylic oxidation sites excluding steroid dienone is 14. The molecule has 0 spiro atoms. The molecule has 0 saturated heterocycles. The van der Waals surface area contributed by atoms with Gasteiger partial charge in [0.2, 0.25) is 0 Å². The van der Waals surface area contributed by atoms with Crippen molar-refractivity contribution in [1.29, 1.82) is 0 Å². The van der Waals surface area contributed by atoms with Crippen LogP contribution in [0.15, 0.2) is 211 Å². The minimum absolute atomic E-state index is 0.659. The van der Waals surface area contributed by atoms with Crippen LogP contribution < -0.4 is 0 Å². The molecular weight excluding hydrogens is 853 g/mol. The molecule has 5 aromatic carbocycles. The smallest absolute Gasteiger partial charge is 0.0146 e. The highest BCUT2D eigenvalue weighted by molar-refractivity contribution is 5.82. The van der Waals surface area contributed by atoms with Gasteiger partial charge in [0.25, 0.3) is 0 Å². The monoisotopic (exact) mass is 953 g/mol. The van der Waals surface area contributed by atoms with E-state index in [0.717, 1.165) is 12.8 Å². The molecule has 2 aliphatic carbocycles. The standard InChI is InChI=1S/C23H26.C21H24.C9H12.C7H8.C3H6.4C2H6/c1-6-9-22(17(4)7-2)23-16-21(13-10-18(23)5)20-14-11-19(8-3)12-15-20;1-15-8-10-18(11-9-15)19-12-13-21(17(3)14-19)20-7-5-4-6-16(20)2;1-8(2)9-6-4-3-5-7-9;1-7-5-3-2-4-6-7;1-3-2;4*1-2/h6-7,9-16H,2,8H2,1,3-5H3;4,6,8-11,14H,5,7,12-13H2,1-3H3;3-8H,1-2H3;2-6H,1H3;3H,1H2,2H3;4*1-2H3/b9-6-,22-17+;;;;;;;;. The Hall–Kier alpha value is -5.98. The summed E-state index contributed by atoms with van der Waals surface area (Å²) in [6.45, 7) is 46.9. The molecule has 0 bridgehead atoms. The third kappa shape index (κ3) is 25.6. The molecule has 0 N–H and O–H groups in total. The topological polar surface area (TPSA) is 0 Å². The Bertz CT molecular complexity index is 2350. The largest absolute Gasteiger partial charge is 0.103 e. The minimum Gasteiger partial charge on any atom is -0.103 e. The third-order valence-corrected chi connectivity index (χ3v) is 11.4. The fraction of sp³-hybridized carbons (Fsp3) is 0.352. The molecule has 0 heterocycles. The van der Waals surface area contributed by atoms with Gasteiger partial charge in [-0.2, -0.15) is 0 Å². The quantitative estimate of drug-likeness (QED) is 0.107. The summed E-state index contributed by atoms with van der Waals surface area (Å²) in [5.41, 5.74) is 21.9. The van der Waals surface area contributed by atoms with Gasteiger partial charge in [-0.1, -0.05) is 258 Å². The summed E-state index contributed by atoms with van der Waals surface area (Å²) in [7, 11) is 0. The first-order chi connectivity index (χ1) is 34.4. The average Bonchev–Trinajstić information content (AvgIpc) is 3.42. The van der Waals surface area contributed by atoms with Crippen LogP contribution in [0.1, 0.15) is 181 Å². The summed E-state index contributed by atoms with van der Waals surface area (Å²) in [5.74, 6) is 0.659. The minimum atomic E-state index is 0.659. The number of hydrogen-bond acceptors (Lipinski definition) is 0. The van der Waals surface area contributed by atoms with Gasteiger partial charge in [0.15, 0.2) is 0 Å². The zero-order chi connectivity index (χ0) is 54.1. The highest BCUT2D eigenvalue weighted by Crippen LogP contribution is 2.38. The summed E-state index contributed by atoms with van der Waals surface area (Å²) < 4.78 is 0. The highest BCUT2D eigenvalue weighted by Gasteiger charge is 2.17. The van der Waals surface area contributed by atoms with Crippen LogP contribution in [0.25, 0.3) is 22.3 Å². The lowest BCUT2D eigenvalue weighted by Crippen LogP contribution is -2.04. The van der Waals surface area contributed by atoms with Crippen LogP contribution in [0.3, 0.4) is 0 Å². The van der Waals surface area contributed by atoms with Crippen molar-refractivity contribution in [2.24, 2.45) is 0 Å². The molecule has 2 aliphatic rings. The maximum atomic E-state index is 3.93. The first-order valence-electron chi connectivity index (χ1n) is 27.0.